The number of hydrogen-bond donors (Lipinski definition) is 1. The van der Waals surface area contributed by atoms with Gasteiger partial charge in [0.05, 0.1) is 10.7 Å². The summed E-state index contributed by atoms with van der Waals surface area (Å²) in [6.07, 6.45) is 1.10. The largest absolute Gasteiger partial charge is 0.456 e. The van der Waals surface area contributed by atoms with Crippen molar-refractivity contribution in [2.24, 2.45) is 0 Å². The zero-order valence-corrected chi connectivity index (χ0v) is 13.6. The molecule has 2 aromatic carbocycles. The minimum absolute atomic E-state index is 0.461. The summed E-state index contributed by atoms with van der Waals surface area (Å²) in [6.45, 7) is 0. The van der Waals surface area contributed by atoms with E-state index >= 15 is 0 Å². The Morgan fingerprint density at radius 1 is 1.15 bits per heavy atom. The van der Waals surface area contributed by atoms with Crippen molar-refractivity contribution in [2.45, 2.75) is 0 Å². The van der Waals surface area contributed by atoms with Gasteiger partial charge in [-0.15, -0.1) is 0 Å². The topological polar surface area (TPSA) is 55.4 Å². The predicted molar refractivity (Wildman–Crippen MR) is 84.1 cm³/mol. The summed E-state index contributed by atoms with van der Waals surface area (Å²) in [4.78, 5) is 0. The summed E-state index contributed by atoms with van der Waals surface area (Å²) < 4.78 is 31.0. The van der Waals surface area contributed by atoms with Crippen molar-refractivity contribution in [3.05, 3.63) is 52.0 Å². The first kappa shape index (κ1) is 15.2. The molecule has 4 nitrogen and oxygen atoms in total. The van der Waals surface area contributed by atoms with E-state index < -0.39 is 10.0 Å². The molecule has 0 aromatic heterocycles. The average molecular weight is 377 g/mol. The Bertz CT molecular complexity index is 717. The van der Waals surface area contributed by atoms with Crippen molar-refractivity contribution in [1.82, 2.24) is 0 Å². The Balaban J connectivity index is 2.19. The van der Waals surface area contributed by atoms with Crippen LogP contribution in [-0.4, -0.2) is 14.7 Å². The molecule has 0 saturated heterocycles. The highest BCUT2D eigenvalue weighted by molar-refractivity contribution is 9.10. The lowest BCUT2D eigenvalue weighted by molar-refractivity contribution is 0.480. The summed E-state index contributed by atoms with van der Waals surface area (Å²) in [6, 6.07) is 11.9. The molecule has 0 saturated carbocycles. The molecule has 2 rings (SSSR count). The fourth-order valence-corrected chi connectivity index (χ4v) is 2.63. The Morgan fingerprint density at radius 3 is 2.35 bits per heavy atom. The Kier molecular flexibility index (Phi) is 4.57. The Labute approximate surface area is 130 Å². The van der Waals surface area contributed by atoms with Crippen molar-refractivity contribution in [1.29, 1.82) is 0 Å². The molecule has 0 aliphatic carbocycles. The Morgan fingerprint density at radius 2 is 1.80 bits per heavy atom. The number of sulfonamides is 1. The molecule has 0 unspecified atom stereocenters. The quantitative estimate of drug-likeness (QED) is 0.867. The van der Waals surface area contributed by atoms with E-state index in [0.29, 0.717) is 26.7 Å². The van der Waals surface area contributed by atoms with Gasteiger partial charge in [-0.1, -0.05) is 11.6 Å². The van der Waals surface area contributed by atoms with Crippen molar-refractivity contribution in [2.75, 3.05) is 11.0 Å². The zero-order valence-electron chi connectivity index (χ0n) is 10.4. The lowest BCUT2D eigenvalue weighted by atomic mass is 10.3. The molecule has 0 radical (unpaired) electrons. The third kappa shape index (κ3) is 4.40. The lowest BCUT2D eigenvalue weighted by Crippen LogP contribution is -2.09. The minimum atomic E-state index is -3.30. The summed E-state index contributed by atoms with van der Waals surface area (Å²) in [5.74, 6) is 1.21. The SMILES string of the molecule is CS(=O)(=O)Nc1ccc(Oc2ccc(Cl)cc2)c(Br)c1. The number of ether oxygens (including phenoxy) is 1. The average Bonchev–Trinajstić information content (AvgIpc) is 2.33. The van der Waals surface area contributed by atoms with Gasteiger partial charge in [0, 0.05) is 10.7 Å². The summed E-state index contributed by atoms with van der Waals surface area (Å²) in [7, 11) is -3.30. The fourth-order valence-electron chi connectivity index (χ4n) is 1.49. The van der Waals surface area contributed by atoms with Gasteiger partial charge in [-0.05, 0) is 58.4 Å². The molecule has 106 valence electrons. The van der Waals surface area contributed by atoms with E-state index in [9.17, 15) is 8.42 Å². The van der Waals surface area contributed by atoms with Crippen molar-refractivity contribution >= 4 is 43.2 Å². The van der Waals surface area contributed by atoms with Gasteiger partial charge in [-0.3, -0.25) is 4.72 Å². The van der Waals surface area contributed by atoms with Crippen LogP contribution in [0.1, 0.15) is 0 Å². The first-order valence-corrected chi connectivity index (χ1v) is 8.60. The van der Waals surface area contributed by atoms with Crippen molar-refractivity contribution in [3.8, 4) is 11.5 Å². The van der Waals surface area contributed by atoms with Crippen LogP contribution < -0.4 is 9.46 Å². The highest BCUT2D eigenvalue weighted by Crippen LogP contribution is 2.32. The number of hydrogen-bond acceptors (Lipinski definition) is 3. The van der Waals surface area contributed by atoms with Crippen LogP contribution in [0.25, 0.3) is 0 Å². The summed E-state index contributed by atoms with van der Waals surface area (Å²) >= 11 is 9.14. The van der Waals surface area contributed by atoms with E-state index in [1.807, 2.05) is 0 Å². The van der Waals surface area contributed by atoms with Crippen LogP contribution in [0.5, 0.6) is 11.5 Å². The minimum Gasteiger partial charge on any atom is -0.456 e. The van der Waals surface area contributed by atoms with Crippen LogP contribution in [-0.2, 0) is 10.0 Å². The van der Waals surface area contributed by atoms with Gasteiger partial charge in [0.2, 0.25) is 10.0 Å². The first-order chi connectivity index (χ1) is 9.33. The van der Waals surface area contributed by atoms with E-state index in [2.05, 4.69) is 20.7 Å². The van der Waals surface area contributed by atoms with Gasteiger partial charge in [0.25, 0.3) is 0 Å². The van der Waals surface area contributed by atoms with E-state index in [4.69, 9.17) is 16.3 Å². The summed E-state index contributed by atoms with van der Waals surface area (Å²) in [5.41, 5.74) is 0.461. The molecule has 0 spiro atoms. The molecule has 0 fully saturated rings. The molecule has 7 heteroatoms. The molecule has 2 aromatic rings. The maximum absolute atomic E-state index is 11.1. The van der Waals surface area contributed by atoms with Crippen molar-refractivity contribution < 1.29 is 13.2 Å². The second-order valence-electron chi connectivity index (χ2n) is 4.08. The third-order valence-corrected chi connectivity index (χ3v) is 3.75. The van der Waals surface area contributed by atoms with E-state index in [1.165, 1.54) is 0 Å². The number of rotatable bonds is 4. The molecular formula is C13H11BrClNO3S. The van der Waals surface area contributed by atoms with E-state index in [0.717, 1.165) is 6.26 Å². The van der Waals surface area contributed by atoms with Crippen LogP contribution in [0.3, 0.4) is 0 Å². The molecule has 0 aliphatic heterocycles. The standard InChI is InChI=1S/C13H11BrClNO3S/c1-20(17,18)16-10-4-7-13(12(14)8-10)19-11-5-2-9(15)3-6-11/h2-8,16H,1H3. The van der Waals surface area contributed by atoms with Crippen LogP contribution >= 0.6 is 27.5 Å². The molecule has 1 N–H and O–H groups in total. The van der Waals surface area contributed by atoms with E-state index in [1.54, 1.807) is 42.5 Å². The number of anilines is 1. The van der Waals surface area contributed by atoms with Crippen LogP contribution in [0.2, 0.25) is 5.02 Å². The second kappa shape index (κ2) is 6.03. The van der Waals surface area contributed by atoms with Crippen LogP contribution in [0.4, 0.5) is 5.69 Å². The van der Waals surface area contributed by atoms with Crippen LogP contribution in [0, 0.1) is 0 Å². The van der Waals surface area contributed by atoms with Gasteiger partial charge in [-0.25, -0.2) is 8.42 Å². The van der Waals surface area contributed by atoms with E-state index in [-0.39, 0.29) is 0 Å². The van der Waals surface area contributed by atoms with Crippen LogP contribution in [0.15, 0.2) is 46.9 Å². The monoisotopic (exact) mass is 375 g/mol. The molecule has 20 heavy (non-hydrogen) atoms. The zero-order chi connectivity index (χ0) is 14.8. The Hall–Kier alpha value is -1.24. The molecule has 0 amide bonds. The number of nitrogens with one attached hydrogen (secondary N) is 1. The maximum Gasteiger partial charge on any atom is 0.229 e. The smallest absolute Gasteiger partial charge is 0.229 e. The first-order valence-electron chi connectivity index (χ1n) is 5.54. The number of benzene rings is 2. The molecule has 0 atom stereocenters. The normalized spacial score (nSPS) is 11.2. The van der Waals surface area contributed by atoms with Gasteiger partial charge in [-0.2, -0.15) is 0 Å². The predicted octanol–water partition coefficient (Wildman–Crippen LogP) is 4.27. The molecule has 0 heterocycles. The number of halogens is 2. The highest BCUT2D eigenvalue weighted by Gasteiger charge is 2.07. The lowest BCUT2D eigenvalue weighted by Gasteiger charge is -2.10. The summed E-state index contributed by atoms with van der Waals surface area (Å²) in [5, 5.41) is 0.629. The molecule has 0 aliphatic rings. The van der Waals surface area contributed by atoms with Crippen molar-refractivity contribution in [3.63, 3.8) is 0 Å². The third-order valence-electron chi connectivity index (χ3n) is 2.28. The fraction of sp³-hybridized carbons (Fsp3) is 0.0769. The van der Waals surface area contributed by atoms with Gasteiger partial charge in [0.15, 0.2) is 0 Å². The van der Waals surface area contributed by atoms with Gasteiger partial charge < -0.3 is 4.74 Å². The van der Waals surface area contributed by atoms with Gasteiger partial charge in [0.1, 0.15) is 11.5 Å². The second-order valence-corrected chi connectivity index (χ2v) is 7.11. The molecular weight excluding hydrogens is 366 g/mol. The maximum atomic E-state index is 11.1. The van der Waals surface area contributed by atoms with Gasteiger partial charge >= 0.3 is 0 Å². The highest BCUT2D eigenvalue weighted by atomic mass is 79.9. The molecule has 0 bridgehead atoms.